The van der Waals surface area contributed by atoms with Crippen molar-refractivity contribution in [2.75, 3.05) is 38.7 Å². The average Bonchev–Trinajstić information content (AvgIpc) is 2.90. The number of piperidine rings is 1. The molecule has 2 fully saturated rings. The van der Waals surface area contributed by atoms with Crippen LogP contribution in [0.25, 0.3) is 0 Å². The Bertz CT molecular complexity index is 513. The van der Waals surface area contributed by atoms with E-state index in [1.165, 1.54) is 0 Å². The Hall–Kier alpha value is -1.73. The van der Waals surface area contributed by atoms with Crippen molar-refractivity contribution in [1.29, 1.82) is 0 Å². The van der Waals surface area contributed by atoms with Crippen LogP contribution in [0, 0.1) is 0 Å². The molecule has 1 amide bonds. The minimum Gasteiger partial charge on any atom is -0.375 e. The third kappa shape index (κ3) is 3.36. The number of amides is 1. The van der Waals surface area contributed by atoms with Gasteiger partial charge in [-0.2, -0.15) is 0 Å². The van der Waals surface area contributed by atoms with Gasteiger partial charge in [0.2, 0.25) is 11.9 Å². The standard InChI is InChI=1S/C15H22N4O3/c1-21-10-13(20)19-7-2-4-15(11-19)8-12(9-22-15)18-14-16-5-3-6-17-14/h3,5-6,12H,2,4,7-11H2,1H3,(H,16,17,18)/t12-,15+/m1/s1. The lowest BCUT2D eigenvalue weighted by molar-refractivity contribution is -0.143. The first-order valence-corrected chi connectivity index (χ1v) is 7.65. The van der Waals surface area contributed by atoms with Crippen molar-refractivity contribution >= 4 is 11.9 Å². The predicted molar refractivity (Wildman–Crippen MR) is 80.4 cm³/mol. The lowest BCUT2D eigenvalue weighted by Gasteiger charge is -2.39. The largest absolute Gasteiger partial charge is 0.375 e. The van der Waals surface area contributed by atoms with E-state index in [0.29, 0.717) is 19.1 Å². The Morgan fingerprint density at radius 2 is 2.36 bits per heavy atom. The molecule has 2 saturated heterocycles. The van der Waals surface area contributed by atoms with Crippen LogP contribution >= 0.6 is 0 Å². The third-order valence-corrected chi connectivity index (χ3v) is 4.27. The first-order valence-electron chi connectivity index (χ1n) is 7.65. The van der Waals surface area contributed by atoms with Gasteiger partial charge in [0, 0.05) is 39.0 Å². The molecule has 0 unspecified atom stereocenters. The number of ether oxygens (including phenoxy) is 2. The number of likely N-dealkylation sites (tertiary alicyclic amines) is 1. The molecule has 0 aromatic carbocycles. The highest BCUT2D eigenvalue weighted by Crippen LogP contribution is 2.35. The molecular formula is C15H22N4O3. The van der Waals surface area contributed by atoms with Gasteiger partial charge in [0.1, 0.15) is 6.61 Å². The first kappa shape index (κ1) is 15.2. The molecule has 1 N–H and O–H groups in total. The Morgan fingerprint density at radius 1 is 1.55 bits per heavy atom. The molecule has 2 aliphatic rings. The molecule has 120 valence electrons. The maximum Gasteiger partial charge on any atom is 0.248 e. The number of hydrogen-bond acceptors (Lipinski definition) is 6. The Kier molecular flexibility index (Phi) is 4.54. The van der Waals surface area contributed by atoms with Crippen molar-refractivity contribution in [3.63, 3.8) is 0 Å². The molecule has 2 atom stereocenters. The monoisotopic (exact) mass is 306 g/mol. The van der Waals surface area contributed by atoms with Crippen molar-refractivity contribution in [3.8, 4) is 0 Å². The van der Waals surface area contributed by atoms with Crippen LogP contribution in [0.15, 0.2) is 18.5 Å². The molecule has 3 rings (SSSR count). The molecule has 7 nitrogen and oxygen atoms in total. The van der Waals surface area contributed by atoms with Gasteiger partial charge in [-0.05, 0) is 18.9 Å². The molecule has 0 bridgehead atoms. The maximum absolute atomic E-state index is 12.0. The van der Waals surface area contributed by atoms with Crippen molar-refractivity contribution in [1.82, 2.24) is 14.9 Å². The van der Waals surface area contributed by atoms with E-state index in [1.807, 2.05) is 4.90 Å². The highest BCUT2D eigenvalue weighted by Gasteiger charge is 2.44. The van der Waals surface area contributed by atoms with Gasteiger partial charge in [-0.3, -0.25) is 4.79 Å². The fourth-order valence-electron chi connectivity index (χ4n) is 3.30. The van der Waals surface area contributed by atoms with Crippen molar-refractivity contribution < 1.29 is 14.3 Å². The number of nitrogens with zero attached hydrogens (tertiary/aromatic N) is 3. The van der Waals surface area contributed by atoms with E-state index in [4.69, 9.17) is 9.47 Å². The van der Waals surface area contributed by atoms with Crippen LogP contribution in [-0.2, 0) is 14.3 Å². The molecule has 22 heavy (non-hydrogen) atoms. The van der Waals surface area contributed by atoms with Gasteiger partial charge in [-0.25, -0.2) is 9.97 Å². The number of carbonyl (C=O) groups excluding carboxylic acids is 1. The topological polar surface area (TPSA) is 76.6 Å². The molecule has 0 aliphatic carbocycles. The lowest BCUT2D eigenvalue weighted by atomic mass is 9.88. The highest BCUT2D eigenvalue weighted by molar-refractivity contribution is 5.77. The predicted octanol–water partition coefficient (Wildman–Crippen LogP) is 0.685. The summed E-state index contributed by atoms with van der Waals surface area (Å²) in [6, 6.07) is 1.97. The molecule has 1 aromatic heterocycles. The number of rotatable bonds is 4. The zero-order valence-corrected chi connectivity index (χ0v) is 12.8. The Morgan fingerprint density at radius 3 is 3.14 bits per heavy atom. The number of anilines is 1. The van der Waals surface area contributed by atoms with Crippen LogP contribution in [0.5, 0.6) is 0 Å². The summed E-state index contributed by atoms with van der Waals surface area (Å²) in [5, 5.41) is 3.31. The fourth-order valence-corrected chi connectivity index (χ4v) is 3.30. The van der Waals surface area contributed by atoms with E-state index in [2.05, 4.69) is 15.3 Å². The number of hydrogen-bond donors (Lipinski definition) is 1. The van der Waals surface area contributed by atoms with Gasteiger partial charge in [0.15, 0.2) is 0 Å². The molecule has 1 aromatic rings. The normalized spacial score (nSPS) is 28.0. The molecule has 3 heterocycles. The van der Waals surface area contributed by atoms with E-state index in [1.54, 1.807) is 25.6 Å². The van der Waals surface area contributed by atoms with Gasteiger partial charge in [0.25, 0.3) is 0 Å². The minimum atomic E-state index is -0.242. The summed E-state index contributed by atoms with van der Waals surface area (Å²) in [6.45, 7) is 2.18. The van der Waals surface area contributed by atoms with Crippen molar-refractivity contribution in [2.45, 2.75) is 30.9 Å². The molecule has 1 spiro atoms. The van der Waals surface area contributed by atoms with Gasteiger partial charge in [0.05, 0.1) is 18.2 Å². The molecule has 0 saturated carbocycles. The zero-order chi connectivity index (χ0) is 15.4. The van der Waals surface area contributed by atoms with Crippen LogP contribution in [0.1, 0.15) is 19.3 Å². The van der Waals surface area contributed by atoms with Crippen LogP contribution in [0.2, 0.25) is 0 Å². The number of carbonyl (C=O) groups is 1. The Balaban J connectivity index is 1.59. The molecule has 0 radical (unpaired) electrons. The second-order valence-corrected chi connectivity index (χ2v) is 5.96. The van der Waals surface area contributed by atoms with E-state index >= 15 is 0 Å². The van der Waals surface area contributed by atoms with Crippen LogP contribution in [0.3, 0.4) is 0 Å². The van der Waals surface area contributed by atoms with Gasteiger partial charge >= 0.3 is 0 Å². The van der Waals surface area contributed by atoms with E-state index in [-0.39, 0.29) is 24.2 Å². The van der Waals surface area contributed by atoms with Gasteiger partial charge in [-0.1, -0.05) is 0 Å². The van der Waals surface area contributed by atoms with Crippen molar-refractivity contribution in [2.24, 2.45) is 0 Å². The number of nitrogens with one attached hydrogen (secondary N) is 1. The highest BCUT2D eigenvalue weighted by atomic mass is 16.5. The minimum absolute atomic E-state index is 0.0352. The second kappa shape index (κ2) is 6.58. The van der Waals surface area contributed by atoms with Crippen LogP contribution < -0.4 is 5.32 Å². The SMILES string of the molecule is COCC(=O)N1CCC[C@]2(C[C@@H](Nc3ncccn3)CO2)C1. The molecule has 7 heteroatoms. The lowest BCUT2D eigenvalue weighted by Crippen LogP contribution is -2.51. The van der Waals surface area contributed by atoms with E-state index in [0.717, 1.165) is 25.8 Å². The van der Waals surface area contributed by atoms with Crippen LogP contribution in [-0.4, -0.2) is 65.8 Å². The third-order valence-electron chi connectivity index (χ3n) is 4.27. The second-order valence-electron chi connectivity index (χ2n) is 5.96. The maximum atomic E-state index is 12.0. The van der Waals surface area contributed by atoms with E-state index < -0.39 is 0 Å². The summed E-state index contributed by atoms with van der Waals surface area (Å²) in [7, 11) is 1.55. The van der Waals surface area contributed by atoms with Gasteiger partial charge in [-0.15, -0.1) is 0 Å². The molecule has 2 aliphatic heterocycles. The fraction of sp³-hybridized carbons (Fsp3) is 0.667. The van der Waals surface area contributed by atoms with Crippen LogP contribution in [0.4, 0.5) is 5.95 Å². The van der Waals surface area contributed by atoms with Gasteiger partial charge < -0.3 is 19.7 Å². The zero-order valence-electron chi connectivity index (χ0n) is 12.8. The summed E-state index contributed by atoms with van der Waals surface area (Å²) in [6.07, 6.45) is 6.24. The number of methoxy groups -OCH3 is 1. The quantitative estimate of drug-likeness (QED) is 0.882. The molecular weight excluding hydrogens is 284 g/mol. The van der Waals surface area contributed by atoms with Crippen molar-refractivity contribution in [3.05, 3.63) is 18.5 Å². The summed E-state index contributed by atoms with van der Waals surface area (Å²) in [5.41, 5.74) is -0.242. The summed E-state index contributed by atoms with van der Waals surface area (Å²) in [4.78, 5) is 22.2. The summed E-state index contributed by atoms with van der Waals surface area (Å²) >= 11 is 0. The van der Waals surface area contributed by atoms with E-state index in [9.17, 15) is 4.79 Å². The first-order chi connectivity index (χ1) is 10.7. The smallest absolute Gasteiger partial charge is 0.248 e. The average molecular weight is 306 g/mol. The summed E-state index contributed by atoms with van der Waals surface area (Å²) < 4.78 is 11.0. The Labute approximate surface area is 130 Å². The number of aromatic nitrogens is 2. The summed E-state index contributed by atoms with van der Waals surface area (Å²) in [5.74, 6) is 0.657.